The summed E-state index contributed by atoms with van der Waals surface area (Å²) in [5, 5.41) is 0.815. The normalized spacial score (nSPS) is 22.1. The van der Waals surface area contributed by atoms with Gasteiger partial charge in [-0.1, -0.05) is 49.8 Å². The molecular weight excluding hydrogens is 144 g/mol. The Bertz CT molecular complexity index is 207. The van der Waals surface area contributed by atoms with Crippen LogP contribution >= 0.6 is 11.6 Å². The molecule has 54 valence electrons. The summed E-state index contributed by atoms with van der Waals surface area (Å²) in [6.07, 6.45) is 10.0. The van der Waals surface area contributed by atoms with Gasteiger partial charge in [0, 0.05) is 10.4 Å². The van der Waals surface area contributed by atoms with Crippen LogP contribution in [0.25, 0.3) is 0 Å². The number of halogens is 1. The second kappa shape index (κ2) is 2.63. The Morgan fingerprint density at radius 2 is 2.00 bits per heavy atom. The van der Waals surface area contributed by atoms with E-state index in [-0.39, 0.29) is 5.41 Å². The molecule has 0 atom stereocenters. The highest BCUT2D eigenvalue weighted by molar-refractivity contribution is 6.31. The Balaban J connectivity index is 2.93. The molecular formula is C9H11Cl. The Morgan fingerprint density at radius 1 is 1.30 bits per heavy atom. The number of hydrogen-bond acceptors (Lipinski definition) is 0. The Morgan fingerprint density at radius 3 is 2.70 bits per heavy atom. The van der Waals surface area contributed by atoms with Crippen molar-refractivity contribution >= 4 is 11.6 Å². The molecule has 0 bridgehead atoms. The second-order valence-corrected chi connectivity index (χ2v) is 3.51. The molecule has 10 heavy (non-hydrogen) atoms. The smallest absolute Gasteiger partial charge is 0.0374 e. The van der Waals surface area contributed by atoms with Crippen molar-refractivity contribution in [2.24, 2.45) is 5.41 Å². The molecule has 0 amide bonds. The predicted octanol–water partition coefficient (Wildman–Crippen LogP) is 3.26. The van der Waals surface area contributed by atoms with Crippen LogP contribution in [0.3, 0.4) is 0 Å². The van der Waals surface area contributed by atoms with Gasteiger partial charge < -0.3 is 0 Å². The average molecular weight is 155 g/mol. The van der Waals surface area contributed by atoms with E-state index in [0.29, 0.717) is 0 Å². The lowest BCUT2D eigenvalue weighted by Gasteiger charge is -2.12. The molecule has 0 aromatic rings. The summed E-state index contributed by atoms with van der Waals surface area (Å²) in [6.45, 7) is 4.25. The van der Waals surface area contributed by atoms with Gasteiger partial charge in [0.05, 0.1) is 0 Å². The van der Waals surface area contributed by atoms with Crippen molar-refractivity contribution in [3.05, 3.63) is 35.4 Å². The van der Waals surface area contributed by atoms with Crippen LogP contribution < -0.4 is 0 Å². The SMILES string of the molecule is CC1(C)C=CC=CC(Cl)=C1. The van der Waals surface area contributed by atoms with Crippen molar-refractivity contribution in [1.82, 2.24) is 0 Å². The first-order chi connectivity index (χ1) is 4.60. The van der Waals surface area contributed by atoms with E-state index in [0.717, 1.165) is 5.03 Å². The number of hydrogen-bond donors (Lipinski definition) is 0. The van der Waals surface area contributed by atoms with Crippen molar-refractivity contribution in [3.63, 3.8) is 0 Å². The van der Waals surface area contributed by atoms with E-state index >= 15 is 0 Å². The van der Waals surface area contributed by atoms with Crippen molar-refractivity contribution in [2.45, 2.75) is 13.8 Å². The van der Waals surface area contributed by atoms with Crippen molar-refractivity contribution in [2.75, 3.05) is 0 Å². The first-order valence-corrected chi connectivity index (χ1v) is 3.72. The van der Waals surface area contributed by atoms with E-state index in [1.807, 2.05) is 24.3 Å². The quantitative estimate of drug-likeness (QED) is 0.503. The van der Waals surface area contributed by atoms with E-state index in [9.17, 15) is 0 Å². The Hall–Kier alpha value is -0.490. The average Bonchev–Trinajstić information content (AvgIpc) is 1.90. The molecule has 0 aromatic carbocycles. The van der Waals surface area contributed by atoms with Crippen molar-refractivity contribution < 1.29 is 0 Å². The van der Waals surface area contributed by atoms with E-state index in [1.54, 1.807) is 0 Å². The topological polar surface area (TPSA) is 0 Å². The zero-order chi connectivity index (χ0) is 7.61. The minimum atomic E-state index is 0.0978. The van der Waals surface area contributed by atoms with E-state index in [1.165, 1.54) is 0 Å². The van der Waals surface area contributed by atoms with E-state index in [2.05, 4.69) is 19.9 Å². The summed E-state index contributed by atoms with van der Waals surface area (Å²) in [7, 11) is 0. The second-order valence-electron chi connectivity index (χ2n) is 3.07. The highest BCUT2D eigenvalue weighted by Crippen LogP contribution is 2.25. The number of allylic oxidation sites excluding steroid dienone is 6. The van der Waals surface area contributed by atoms with Crippen LogP contribution in [0.4, 0.5) is 0 Å². The minimum Gasteiger partial charge on any atom is -0.0847 e. The highest BCUT2D eigenvalue weighted by Gasteiger charge is 2.10. The highest BCUT2D eigenvalue weighted by atomic mass is 35.5. The first-order valence-electron chi connectivity index (χ1n) is 3.34. The maximum atomic E-state index is 5.84. The summed E-state index contributed by atoms with van der Waals surface area (Å²) in [6, 6.07) is 0. The maximum Gasteiger partial charge on any atom is 0.0374 e. The molecule has 0 unspecified atom stereocenters. The van der Waals surface area contributed by atoms with Crippen LogP contribution in [0.2, 0.25) is 0 Å². The van der Waals surface area contributed by atoms with Crippen molar-refractivity contribution in [3.8, 4) is 0 Å². The summed E-state index contributed by atoms with van der Waals surface area (Å²) in [4.78, 5) is 0. The third-order valence-corrected chi connectivity index (χ3v) is 1.64. The molecule has 0 N–H and O–H groups in total. The number of rotatable bonds is 0. The van der Waals surface area contributed by atoms with Gasteiger partial charge in [0.15, 0.2) is 0 Å². The summed E-state index contributed by atoms with van der Waals surface area (Å²) in [5.41, 5.74) is 0.0978. The third kappa shape index (κ3) is 2.03. The van der Waals surface area contributed by atoms with E-state index in [4.69, 9.17) is 11.6 Å². The van der Waals surface area contributed by atoms with E-state index < -0.39 is 0 Å². The fourth-order valence-electron chi connectivity index (χ4n) is 0.903. The molecule has 0 heterocycles. The Labute approximate surface area is 66.9 Å². The molecule has 1 heteroatoms. The lowest BCUT2D eigenvalue weighted by atomic mass is 9.93. The fraction of sp³-hybridized carbons (Fsp3) is 0.333. The van der Waals surface area contributed by atoms with Gasteiger partial charge in [-0.05, 0) is 6.08 Å². The van der Waals surface area contributed by atoms with Gasteiger partial charge in [0.1, 0.15) is 0 Å². The van der Waals surface area contributed by atoms with Crippen LogP contribution in [0.5, 0.6) is 0 Å². The molecule has 0 radical (unpaired) electrons. The molecule has 0 aromatic heterocycles. The van der Waals surface area contributed by atoms with Gasteiger partial charge in [-0.2, -0.15) is 0 Å². The van der Waals surface area contributed by atoms with Crippen LogP contribution in [-0.2, 0) is 0 Å². The summed E-state index contributed by atoms with van der Waals surface area (Å²) < 4.78 is 0. The van der Waals surface area contributed by atoms with Crippen LogP contribution in [-0.4, -0.2) is 0 Å². The largest absolute Gasteiger partial charge is 0.0847 e. The lowest BCUT2D eigenvalue weighted by molar-refractivity contribution is 0.626. The summed E-state index contributed by atoms with van der Waals surface area (Å²) in [5.74, 6) is 0. The molecule has 0 aliphatic heterocycles. The van der Waals surface area contributed by atoms with Gasteiger partial charge in [-0.15, -0.1) is 0 Å². The Kier molecular flexibility index (Phi) is 2.00. The van der Waals surface area contributed by atoms with Gasteiger partial charge in [-0.3, -0.25) is 0 Å². The monoisotopic (exact) mass is 154 g/mol. The maximum absolute atomic E-state index is 5.84. The molecule has 0 nitrogen and oxygen atoms in total. The third-order valence-electron chi connectivity index (χ3n) is 1.40. The van der Waals surface area contributed by atoms with Gasteiger partial charge in [0.2, 0.25) is 0 Å². The fourth-order valence-corrected chi connectivity index (χ4v) is 1.26. The van der Waals surface area contributed by atoms with Gasteiger partial charge in [0.25, 0.3) is 0 Å². The predicted molar refractivity (Wildman–Crippen MR) is 46.0 cm³/mol. The zero-order valence-electron chi connectivity index (χ0n) is 6.26. The van der Waals surface area contributed by atoms with Crippen LogP contribution in [0, 0.1) is 5.41 Å². The van der Waals surface area contributed by atoms with Crippen LogP contribution in [0.1, 0.15) is 13.8 Å². The van der Waals surface area contributed by atoms with Crippen molar-refractivity contribution in [1.29, 1.82) is 0 Å². The molecule has 0 saturated carbocycles. The zero-order valence-corrected chi connectivity index (χ0v) is 7.02. The molecule has 0 fully saturated rings. The molecule has 0 spiro atoms. The van der Waals surface area contributed by atoms with Gasteiger partial charge >= 0.3 is 0 Å². The molecule has 0 saturated heterocycles. The minimum absolute atomic E-state index is 0.0978. The summed E-state index contributed by atoms with van der Waals surface area (Å²) >= 11 is 5.84. The molecule has 1 aliphatic rings. The lowest BCUT2D eigenvalue weighted by Crippen LogP contribution is -2.01. The van der Waals surface area contributed by atoms with Gasteiger partial charge in [-0.25, -0.2) is 0 Å². The molecule has 1 rings (SSSR count). The van der Waals surface area contributed by atoms with Crippen LogP contribution in [0.15, 0.2) is 35.4 Å². The first kappa shape index (κ1) is 7.62. The standard InChI is InChI=1S/C9H11Cl/c1-9(2)6-4-3-5-8(10)7-9/h3-7H,1-2H3. The molecule has 1 aliphatic carbocycles.